The Morgan fingerprint density at radius 1 is 1.30 bits per heavy atom. The maximum absolute atomic E-state index is 11.7. The van der Waals surface area contributed by atoms with Crippen molar-refractivity contribution in [2.75, 3.05) is 19.0 Å². The van der Waals surface area contributed by atoms with Crippen LogP contribution < -0.4 is 15.5 Å². The number of methoxy groups -OCH3 is 1. The summed E-state index contributed by atoms with van der Waals surface area (Å²) >= 11 is 5.78. The normalized spacial score (nSPS) is 10.5. The number of amides is 1. The summed E-state index contributed by atoms with van der Waals surface area (Å²) in [7, 11) is 1.53. The summed E-state index contributed by atoms with van der Waals surface area (Å²) in [5, 5.41) is 17.1. The molecule has 1 amide bonds. The first-order valence-electron chi connectivity index (χ1n) is 6.77. The molecule has 0 aliphatic rings. The van der Waals surface area contributed by atoms with Crippen molar-refractivity contribution in [3.63, 3.8) is 0 Å². The number of benzene rings is 2. The second-order valence-corrected chi connectivity index (χ2v) is 5.01. The van der Waals surface area contributed by atoms with Crippen molar-refractivity contribution in [2.24, 2.45) is 5.10 Å². The highest BCUT2D eigenvalue weighted by atomic mass is 35.5. The molecule has 0 heterocycles. The molecule has 0 aliphatic heterocycles. The Labute approximate surface area is 138 Å². The van der Waals surface area contributed by atoms with Gasteiger partial charge >= 0.3 is 0 Å². The Bertz CT molecular complexity index is 702. The molecule has 0 bridgehead atoms. The van der Waals surface area contributed by atoms with Gasteiger partial charge in [0, 0.05) is 16.3 Å². The number of hydrazone groups is 1. The van der Waals surface area contributed by atoms with E-state index in [9.17, 15) is 9.90 Å². The van der Waals surface area contributed by atoms with Gasteiger partial charge in [-0.1, -0.05) is 11.6 Å². The van der Waals surface area contributed by atoms with Crippen LogP contribution in [0, 0.1) is 0 Å². The molecule has 0 atom stereocenters. The van der Waals surface area contributed by atoms with Crippen LogP contribution in [0.3, 0.4) is 0 Å². The molecule has 0 aromatic heterocycles. The molecule has 0 fully saturated rings. The number of hydrogen-bond acceptors (Lipinski definition) is 5. The van der Waals surface area contributed by atoms with Gasteiger partial charge < -0.3 is 15.2 Å². The van der Waals surface area contributed by atoms with E-state index >= 15 is 0 Å². The molecule has 0 saturated carbocycles. The highest BCUT2D eigenvalue weighted by Crippen LogP contribution is 2.20. The lowest BCUT2D eigenvalue weighted by Crippen LogP contribution is -2.25. The molecule has 2 aromatic carbocycles. The van der Waals surface area contributed by atoms with Gasteiger partial charge in [0.1, 0.15) is 11.5 Å². The van der Waals surface area contributed by atoms with Gasteiger partial charge in [0.15, 0.2) is 0 Å². The molecule has 0 spiro atoms. The molecule has 7 heteroatoms. The summed E-state index contributed by atoms with van der Waals surface area (Å²) in [5.74, 6) is 0.307. The van der Waals surface area contributed by atoms with E-state index in [0.29, 0.717) is 16.3 Å². The maximum atomic E-state index is 11.7. The zero-order valence-corrected chi connectivity index (χ0v) is 13.2. The third-order valence-electron chi connectivity index (χ3n) is 2.92. The molecule has 0 radical (unpaired) electrons. The molecule has 2 rings (SSSR count). The third-order valence-corrected chi connectivity index (χ3v) is 3.18. The van der Waals surface area contributed by atoms with E-state index in [4.69, 9.17) is 16.3 Å². The molecule has 120 valence electrons. The lowest BCUT2D eigenvalue weighted by molar-refractivity contribution is -0.119. The van der Waals surface area contributed by atoms with Crippen molar-refractivity contribution in [3.05, 3.63) is 53.1 Å². The van der Waals surface area contributed by atoms with E-state index in [1.807, 2.05) is 0 Å². The lowest BCUT2D eigenvalue weighted by Gasteiger charge is -2.05. The topological polar surface area (TPSA) is 83.0 Å². The summed E-state index contributed by atoms with van der Waals surface area (Å²) in [6, 6.07) is 11.7. The van der Waals surface area contributed by atoms with Crippen LogP contribution in [0.15, 0.2) is 47.6 Å². The average molecular weight is 334 g/mol. The molecule has 0 unspecified atom stereocenters. The number of nitrogens with one attached hydrogen (secondary N) is 2. The first-order valence-corrected chi connectivity index (χ1v) is 7.14. The second-order valence-electron chi connectivity index (χ2n) is 4.58. The minimum Gasteiger partial charge on any atom is -0.507 e. The molecule has 0 saturated heterocycles. The van der Waals surface area contributed by atoms with Crippen molar-refractivity contribution in [1.29, 1.82) is 0 Å². The molecular formula is C16H16ClN3O3. The van der Waals surface area contributed by atoms with Crippen LogP contribution in [0.2, 0.25) is 5.02 Å². The summed E-state index contributed by atoms with van der Waals surface area (Å²) < 4.78 is 5.05. The number of carbonyl (C=O) groups excluding carboxylic acids is 1. The minimum absolute atomic E-state index is 0.0445. The number of carbonyl (C=O) groups is 1. The van der Waals surface area contributed by atoms with Crippen molar-refractivity contribution in [2.45, 2.75) is 0 Å². The number of ether oxygens (including phenoxy) is 1. The molecule has 3 N–H and O–H groups in total. The predicted molar refractivity (Wildman–Crippen MR) is 90.3 cm³/mol. The van der Waals surface area contributed by atoms with Gasteiger partial charge in [-0.3, -0.25) is 4.79 Å². The van der Waals surface area contributed by atoms with E-state index in [-0.39, 0.29) is 18.2 Å². The van der Waals surface area contributed by atoms with Crippen molar-refractivity contribution < 1.29 is 14.6 Å². The number of anilines is 1. The van der Waals surface area contributed by atoms with Crippen molar-refractivity contribution in [1.82, 2.24) is 5.43 Å². The Morgan fingerprint density at radius 2 is 2.04 bits per heavy atom. The number of rotatable bonds is 6. The summed E-state index contributed by atoms with van der Waals surface area (Å²) in [6.45, 7) is 0.0586. The smallest absolute Gasteiger partial charge is 0.259 e. The van der Waals surface area contributed by atoms with Gasteiger partial charge in [0.25, 0.3) is 5.91 Å². The van der Waals surface area contributed by atoms with Gasteiger partial charge in [0.2, 0.25) is 0 Å². The fourth-order valence-corrected chi connectivity index (χ4v) is 1.85. The summed E-state index contributed by atoms with van der Waals surface area (Å²) in [6.07, 6.45) is 1.35. The van der Waals surface area contributed by atoms with Crippen LogP contribution >= 0.6 is 11.6 Å². The van der Waals surface area contributed by atoms with Crippen molar-refractivity contribution in [3.8, 4) is 11.5 Å². The molecule has 0 aliphatic carbocycles. The molecule has 2 aromatic rings. The van der Waals surface area contributed by atoms with E-state index < -0.39 is 0 Å². The largest absolute Gasteiger partial charge is 0.507 e. The highest BCUT2D eigenvalue weighted by Gasteiger charge is 2.02. The van der Waals surface area contributed by atoms with Crippen molar-refractivity contribution >= 4 is 29.4 Å². The van der Waals surface area contributed by atoms with Crippen LogP contribution in [-0.2, 0) is 4.79 Å². The van der Waals surface area contributed by atoms with Gasteiger partial charge in [0.05, 0.1) is 19.9 Å². The Balaban J connectivity index is 1.85. The van der Waals surface area contributed by atoms with Crippen LogP contribution in [0.1, 0.15) is 5.56 Å². The minimum atomic E-state index is -0.321. The number of aromatic hydroxyl groups is 1. The number of hydrogen-bond donors (Lipinski definition) is 3. The highest BCUT2D eigenvalue weighted by molar-refractivity contribution is 6.30. The van der Waals surface area contributed by atoms with Gasteiger partial charge in [-0.2, -0.15) is 5.10 Å². The number of phenolic OH excluding ortho intramolecular Hbond substituents is 1. The van der Waals surface area contributed by atoms with Crippen LogP contribution in [0.25, 0.3) is 0 Å². The van der Waals surface area contributed by atoms with Gasteiger partial charge in [-0.15, -0.1) is 0 Å². The Hall–Kier alpha value is -2.73. The SMILES string of the molecule is COc1ccc(O)c(C=NNC(=O)CNc2ccc(Cl)cc2)c1. The monoisotopic (exact) mass is 333 g/mol. The van der Waals surface area contributed by atoms with E-state index in [0.717, 1.165) is 5.69 Å². The predicted octanol–water partition coefficient (Wildman–Crippen LogP) is 2.62. The molecule has 6 nitrogen and oxygen atoms in total. The lowest BCUT2D eigenvalue weighted by atomic mass is 10.2. The molecular weight excluding hydrogens is 318 g/mol. The number of halogens is 1. The van der Waals surface area contributed by atoms with Crippen LogP contribution in [0.5, 0.6) is 11.5 Å². The van der Waals surface area contributed by atoms with E-state index in [1.165, 1.54) is 19.4 Å². The second kappa shape index (κ2) is 8.05. The van der Waals surface area contributed by atoms with Gasteiger partial charge in [-0.05, 0) is 42.5 Å². The zero-order valence-electron chi connectivity index (χ0n) is 12.4. The first kappa shape index (κ1) is 16.6. The Kier molecular flexibility index (Phi) is 5.82. The Morgan fingerprint density at radius 3 is 2.74 bits per heavy atom. The van der Waals surface area contributed by atoms with E-state index in [1.54, 1.807) is 36.4 Å². The summed E-state index contributed by atoms with van der Waals surface area (Å²) in [5.41, 5.74) is 3.58. The quantitative estimate of drug-likeness (QED) is 0.560. The zero-order chi connectivity index (χ0) is 16.7. The average Bonchev–Trinajstić information content (AvgIpc) is 2.56. The standard InChI is InChI=1S/C16H16ClN3O3/c1-23-14-6-7-15(21)11(8-14)9-19-20-16(22)10-18-13-4-2-12(17)3-5-13/h2-9,18,21H,10H2,1H3,(H,20,22). The van der Waals surface area contributed by atoms with E-state index in [2.05, 4.69) is 15.8 Å². The fourth-order valence-electron chi connectivity index (χ4n) is 1.73. The van der Waals surface area contributed by atoms with Crippen LogP contribution in [0.4, 0.5) is 5.69 Å². The number of nitrogens with zero attached hydrogens (tertiary/aromatic N) is 1. The summed E-state index contributed by atoms with van der Waals surface area (Å²) in [4.78, 5) is 11.7. The van der Waals surface area contributed by atoms with Crippen LogP contribution in [-0.4, -0.2) is 30.9 Å². The first-order chi connectivity index (χ1) is 11.1. The maximum Gasteiger partial charge on any atom is 0.259 e. The third kappa shape index (κ3) is 5.19. The molecule has 23 heavy (non-hydrogen) atoms. The van der Waals surface area contributed by atoms with Gasteiger partial charge in [-0.25, -0.2) is 5.43 Å². The number of phenols is 1. The fraction of sp³-hybridized carbons (Fsp3) is 0.125.